The summed E-state index contributed by atoms with van der Waals surface area (Å²) in [6.07, 6.45) is 2.52. The quantitative estimate of drug-likeness (QED) is 0.434. The topological polar surface area (TPSA) is 67.2 Å². The zero-order valence-corrected chi connectivity index (χ0v) is 5.68. The average Bonchev–Trinajstić information content (AvgIpc) is 2.12. The molecule has 0 saturated carbocycles. The Labute approximate surface area is 59.4 Å². The zero-order chi connectivity index (χ0) is 7.40. The predicted molar refractivity (Wildman–Crippen MR) is 37.9 cm³/mol. The molecule has 0 radical (unpaired) electrons. The highest BCUT2D eigenvalue weighted by Gasteiger charge is 2.05. The molecule has 0 aromatic carbocycles. The molecule has 1 heterocycles. The Balaban J connectivity index is 2.54. The molecule has 0 unspecified atom stereocenters. The van der Waals surface area contributed by atoms with Crippen molar-refractivity contribution in [3.63, 3.8) is 0 Å². The lowest BCUT2D eigenvalue weighted by atomic mass is 10.2. The fraction of sp³-hybridized carbons (Fsp3) is 0.500. The van der Waals surface area contributed by atoms with Gasteiger partial charge in [0, 0.05) is 18.7 Å². The van der Waals surface area contributed by atoms with Gasteiger partial charge in [-0.15, -0.1) is 0 Å². The van der Waals surface area contributed by atoms with Gasteiger partial charge in [-0.05, 0) is 6.42 Å². The van der Waals surface area contributed by atoms with Crippen LogP contribution in [0.4, 0.5) is 0 Å². The zero-order valence-electron chi connectivity index (χ0n) is 5.68. The van der Waals surface area contributed by atoms with E-state index < -0.39 is 0 Å². The van der Waals surface area contributed by atoms with Gasteiger partial charge in [0.1, 0.15) is 0 Å². The van der Waals surface area contributed by atoms with E-state index in [-0.39, 0.29) is 5.91 Å². The summed E-state index contributed by atoms with van der Waals surface area (Å²) in [7, 11) is 0. The minimum Gasteiger partial charge on any atom is -0.366 e. The van der Waals surface area contributed by atoms with E-state index in [1.165, 1.54) is 0 Å². The number of rotatable bonds is 1. The van der Waals surface area contributed by atoms with Crippen molar-refractivity contribution in [1.29, 1.82) is 0 Å². The average molecular weight is 141 g/mol. The molecule has 0 atom stereocenters. The summed E-state index contributed by atoms with van der Waals surface area (Å²) in [4.78, 5) is 10.6. The first-order valence-corrected chi connectivity index (χ1v) is 3.25. The van der Waals surface area contributed by atoms with Crippen molar-refractivity contribution in [2.75, 3.05) is 13.1 Å². The highest BCUT2D eigenvalue weighted by molar-refractivity contribution is 5.91. The Bertz CT molecular complexity index is 164. The minimum atomic E-state index is -0.314. The maximum Gasteiger partial charge on any atom is 0.244 e. The molecule has 0 aromatic heterocycles. The third-order valence-electron chi connectivity index (χ3n) is 1.41. The Kier molecular flexibility index (Phi) is 2.42. The lowest BCUT2D eigenvalue weighted by Gasteiger charge is -1.97. The number of amides is 1. The maximum atomic E-state index is 10.6. The van der Waals surface area contributed by atoms with Gasteiger partial charge in [-0.3, -0.25) is 15.6 Å². The molecular weight excluding hydrogens is 130 g/mol. The van der Waals surface area contributed by atoms with Crippen LogP contribution in [0.25, 0.3) is 0 Å². The highest BCUT2D eigenvalue weighted by Crippen LogP contribution is 1.99. The van der Waals surface area contributed by atoms with Crippen LogP contribution >= 0.6 is 0 Å². The van der Waals surface area contributed by atoms with E-state index in [1.54, 1.807) is 0 Å². The molecule has 1 amide bonds. The number of hydrogen-bond acceptors (Lipinski definition) is 3. The summed E-state index contributed by atoms with van der Waals surface area (Å²) in [5.41, 5.74) is 11.6. The molecule has 10 heavy (non-hydrogen) atoms. The van der Waals surface area contributed by atoms with Gasteiger partial charge < -0.3 is 5.73 Å². The summed E-state index contributed by atoms with van der Waals surface area (Å²) in [5.74, 6) is -0.314. The number of carbonyl (C=O) groups excluding carboxylic acids is 1. The first kappa shape index (κ1) is 7.24. The number of nitrogens with two attached hydrogens (primary N) is 1. The lowest BCUT2D eigenvalue weighted by molar-refractivity contribution is -0.114. The van der Waals surface area contributed by atoms with Crippen LogP contribution in [-0.4, -0.2) is 19.0 Å². The predicted octanol–water partition coefficient (Wildman–Crippen LogP) is -1.10. The second kappa shape index (κ2) is 3.34. The van der Waals surface area contributed by atoms with Crippen molar-refractivity contribution in [1.82, 2.24) is 10.9 Å². The van der Waals surface area contributed by atoms with Crippen LogP contribution in [0.1, 0.15) is 6.42 Å². The van der Waals surface area contributed by atoms with Crippen LogP contribution < -0.4 is 16.6 Å². The lowest BCUT2D eigenvalue weighted by Crippen LogP contribution is -2.30. The van der Waals surface area contributed by atoms with Crippen molar-refractivity contribution >= 4 is 5.91 Å². The first-order valence-electron chi connectivity index (χ1n) is 3.25. The Hall–Kier alpha value is -0.870. The van der Waals surface area contributed by atoms with Gasteiger partial charge in [-0.2, -0.15) is 0 Å². The fourth-order valence-corrected chi connectivity index (χ4v) is 0.858. The van der Waals surface area contributed by atoms with Crippen LogP contribution in [0.3, 0.4) is 0 Å². The van der Waals surface area contributed by atoms with E-state index in [2.05, 4.69) is 10.9 Å². The van der Waals surface area contributed by atoms with Gasteiger partial charge in [0.2, 0.25) is 5.91 Å². The normalized spacial score (nSPS) is 19.4. The molecule has 0 aromatic rings. The van der Waals surface area contributed by atoms with Crippen molar-refractivity contribution in [3.05, 3.63) is 11.6 Å². The van der Waals surface area contributed by atoms with Gasteiger partial charge in [-0.1, -0.05) is 6.08 Å². The van der Waals surface area contributed by atoms with E-state index >= 15 is 0 Å². The standard InChI is InChI=1S/C6H11N3O/c7-6(10)5-1-3-8-9-4-2-5/h1,8-9H,2-4H2,(H2,7,10). The van der Waals surface area contributed by atoms with Gasteiger partial charge in [0.15, 0.2) is 0 Å². The number of hydrazine groups is 1. The van der Waals surface area contributed by atoms with Gasteiger partial charge in [0.05, 0.1) is 0 Å². The molecular formula is C6H11N3O. The molecule has 1 aliphatic heterocycles. The van der Waals surface area contributed by atoms with Gasteiger partial charge in [0.25, 0.3) is 0 Å². The monoisotopic (exact) mass is 141 g/mol. The molecule has 1 aliphatic rings. The fourth-order valence-electron chi connectivity index (χ4n) is 0.858. The van der Waals surface area contributed by atoms with Crippen LogP contribution in [0.5, 0.6) is 0 Å². The van der Waals surface area contributed by atoms with Crippen molar-refractivity contribution in [2.24, 2.45) is 5.73 Å². The third-order valence-corrected chi connectivity index (χ3v) is 1.41. The van der Waals surface area contributed by atoms with E-state index in [4.69, 9.17) is 5.73 Å². The van der Waals surface area contributed by atoms with E-state index in [0.717, 1.165) is 6.54 Å². The van der Waals surface area contributed by atoms with Gasteiger partial charge in [-0.25, -0.2) is 0 Å². The van der Waals surface area contributed by atoms with E-state index in [9.17, 15) is 4.79 Å². The molecule has 1 rings (SSSR count). The number of hydrogen-bond donors (Lipinski definition) is 3. The second-order valence-corrected chi connectivity index (χ2v) is 2.15. The molecule has 0 fully saturated rings. The number of primary amides is 1. The third kappa shape index (κ3) is 1.82. The minimum absolute atomic E-state index is 0.314. The maximum absolute atomic E-state index is 10.6. The molecule has 4 N–H and O–H groups in total. The molecule has 0 bridgehead atoms. The van der Waals surface area contributed by atoms with Crippen LogP contribution in [0.15, 0.2) is 11.6 Å². The van der Waals surface area contributed by atoms with Crippen molar-refractivity contribution < 1.29 is 4.79 Å². The highest BCUT2D eigenvalue weighted by atomic mass is 16.1. The Morgan fingerprint density at radius 2 is 2.40 bits per heavy atom. The van der Waals surface area contributed by atoms with Crippen LogP contribution in [0.2, 0.25) is 0 Å². The van der Waals surface area contributed by atoms with Crippen LogP contribution in [0, 0.1) is 0 Å². The molecule has 4 nitrogen and oxygen atoms in total. The smallest absolute Gasteiger partial charge is 0.244 e. The number of nitrogens with one attached hydrogen (secondary N) is 2. The summed E-state index contributed by atoms with van der Waals surface area (Å²) < 4.78 is 0. The Morgan fingerprint density at radius 1 is 1.60 bits per heavy atom. The first-order chi connectivity index (χ1) is 4.80. The molecule has 0 aliphatic carbocycles. The number of carbonyl (C=O) groups is 1. The summed E-state index contributed by atoms with van der Waals surface area (Å²) >= 11 is 0. The molecule has 56 valence electrons. The SMILES string of the molecule is NC(=O)C1=CCNNCC1. The summed E-state index contributed by atoms with van der Waals surface area (Å²) in [6.45, 7) is 1.42. The molecule has 0 spiro atoms. The van der Waals surface area contributed by atoms with Crippen LogP contribution in [-0.2, 0) is 4.79 Å². The summed E-state index contributed by atoms with van der Waals surface area (Å²) in [6, 6.07) is 0. The van der Waals surface area contributed by atoms with Crippen molar-refractivity contribution in [2.45, 2.75) is 6.42 Å². The van der Waals surface area contributed by atoms with Crippen molar-refractivity contribution in [3.8, 4) is 0 Å². The summed E-state index contributed by atoms with van der Waals surface area (Å²) in [5, 5.41) is 0. The Morgan fingerprint density at radius 3 is 3.10 bits per heavy atom. The second-order valence-electron chi connectivity index (χ2n) is 2.15. The molecule has 0 saturated heterocycles. The molecule has 4 heteroatoms. The van der Waals surface area contributed by atoms with E-state index in [1.807, 2.05) is 6.08 Å². The largest absolute Gasteiger partial charge is 0.366 e. The van der Waals surface area contributed by atoms with E-state index in [0.29, 0.717) is 18.5 Å². The van der Waals surface area contributed by atoms with Gasteiger partial charge >= 0.3 is 0 Å².